The lowest BCUT2D eigenvalue weighted by Gasteiger charge is -2.10. The van der Waals surface area contributed by atoms with Crippen molar-refractivity contribution in [2.75, 3.05) is 20.8 Å². The van der Waals surface area contributed by atoms with Crippen molar-refractivity contribution in [1.29, 1.82) is 0 Å². The van der Waals surface area contributed by atoms with Crippen LogP contribution in [-0.4, -0.2) is 31.7 Å². The molecule has 0 atom stereocenters. The second-order valence-corrected chi connectivity index (χ2v) is 9.53. The Morgan fingerprint density at radius 3 is 1.42 bits per heavy atom. The van der Waals surface area contributed by atoms with Gasteiger partial charge in [0, 0.05) is 6.42 Å². The Kier molecular flexibility index (Phi) is 24.7. The molecule has 0 bridgehead atoms. The van der Waals surface area contributed by atoms with Crippen LogP contribution in [0.25, 0.3) is 0 Å². The highest BCUT2D eigenvalue weighted by Gasteiger charge is 2.02. The van der Waals surface area contributed by atoms with Gasteiger partial charge in [-0.15, -0.1) is 0 Å². The number of carbonyl (C=O) groups is 1. The van der Waals surface area contributed by atoms with Gasteiger partial charge in [0.2, 0.25) is 0 Å². The van der Waals surface area contributed by atoms with Crippen molar-refractivity contribution in [3.8, 4) is 0 Å². The van der Waals surface area contributed by atoms with Crippen LogP contribution in [0.15, 0.2) is 12.2 Å². The van der Waals surface area contributed by atoms with Crippen LogP contribution in [0.2, 0.25) is 0 Å². The van der Waals surface area contributed by atoms with Gasteiger partial charge >= 0.3 is 5.97 Å². The molecule has 0 N–H and O–H groups in total. The molecule has 3 heteroatoms. The molecule has 0 aromatic carbocycles. The molecule has 0 saturated heterocycles. The molecular formula is C28H55NO2. The zero-order chi connectivity index (χ0) is 22.8. The molecule has 0 heterocycles. The fourth-order valence-corrected chi connectivity index (χ4v) is 3.85. The van der Waals surface area contributed by atoms with Crippen LogP contribution in [0.1, 0.15) is 142 Å². The first-order chi connectivity index (χ1) is 15.2. The molecule has 0 spiro atoms. The molecule has 0 fully saturated rings. The van der Waals surface area contributed by atoms with Crippen molar-refractivity contribution in [3.63, 3.8) is 0 Å². The lowest BCUT2D eigenvalue weighted by atomic mass is 10.0. The zero-order valence-corrected chi connectivity index (χ0v) is 21.5. The van der Waals surface area contributed by atoms with Crippen molar-refractivity contribution >= 4 is 5.97 Å². The van der Waals surface area contributed by atoms with Gasteiger partial charge in [-0.05, 0) is 46.2 Å². The van der Waals surface area contributed by atoms with Crippen molar-refractivity contribution in [1.82, 2.24) is 4.90 Å². The lowest BCUT2D eigenvalue weighted by Crippen LogP contribution is -2.19. The van der Waals surface area contributed by atoms with Crippen LogP contribution in [0, 0.1) is 0 Å². The summed E-state index contributed by atoms with van der Waals surface area (Å²) in [6.45, 7) is 2.68. The number of ether oxygens (including phenoxy) is 1. The molecule has 0 aliphatic carbocycles. The van der Waals surface area contributed by atoms with Crippen LogP contribution >= 0.6 is 0 Å². The van der Waals surface area contributed by atoms with Gasteiger partial charge in [-0.2, -0.15) is 0 Å². The molecule has 0 rings (SSSR count). The van der Waals surface area contributed by atoms with Gasteiger partial charge in [0.05, 0.1) is 0 Å². The highest BCUT2D eigenvalue weighted by molar-refractivity contribution is 5.69. The first kappa shape index (κ1) is 30.2. The Morgan fingerprint density at radius 2 is 1.00 bits per heavy atom. The molecule has 3 nitrogen and oxygen atoms in total. The Balaban J connectivity index is 3.16. The third-order valence-electron chi connectivity index (χ3n) is 5.88. The van der Waals surface area contributed by atoms with Gasteiger partial charge in [-0.25, -0.2) is 0 Å². The highest BCUT2D eigenvalue weighted by Crippen LogP contribution is 2.13. The largest absolute Gasteiger partial charge is 0.450 e. The minimum atomic E-state index is -0.0650. The molecule has 0 aromatic heterocycles. The quantitative estimate of drug-likeness (QED) is 0.0653. The van der Waals surface area contributed by atoms with E-state index in [1.165, 1.54) is 116 Å². The number of allylic oxidation sites excluding steroid dienone is 2. The first-order valence-electron chi connectivity index (χ1n) is 13.6. The predicted octanol–water partition coefficient (Wildman–Crippen LogP) is 8.82. The van der Waals surface area contributed by atoms with Gasteiger partial charge in [0.1, 0.15) is 6.73 Å². The topological polar surface area (TPSA) is 29.5 Å². The predicted molar refractivity (Wildman–Crippen MR) is 136 cm³/mol. The van der Waals surface area contributed by atoms with Crippen molar-refractivity contribution in [2.45, 2.75) is 142 Å². The van der Waals surface area contributed by atoms with Crippen molar-refractivity contribution in [2.24, 2.45) is 0 Å². The van der Waals surface area contributed by atoms with Crippen molar-refractivity contribution < 1.29 is 9.53 Å². The lowest BCUT2D eigenvalue weighted by molar-refractivity contribution is -0.147. The van der Waals surface area contributed by atoms with Crippen molar-refractivity contribution in [3.05, 3.63) is 12.2 Å². The third kappa shape index (κ3) is 27.1. The van der Waals surface area contributed by atoms with E-state index in [-0.39, 0.29) is 5.97 Å². The number of unbranched alkanes of at least 4 members (excludes halogenated alkanes) is 18. The molecule has 0 saturated carbocycles. The van der Waals surface area contributed by atoms with Gasteiger partial charge < -0.3 is 4.74 Å². The standard InChI is InChI=1S/C28H55NO2/c1-4-5-6-7-8-9-10-11-12-13-14-15-16-17-18-19-20-21-22-23-24-25-26-28(30)31-27-29(2)3/h18-19H,4-17,20-27H2,1-3H3. The summed E-state index contributed by atoms with van der Waals surface area (Å²) in [7, 11) is 3.81. The molecule has 0 amide bonds. The van der Waals surface area contributed by atoms with Crippen LogP contribution in [-0.2, 0) is 9.53 Å². The van der Waals surface area contributed by atoms with Crippen LogP contribution in [0.3, 0.4) is 0 Å². The zero-order valence-electron chi connectivity index (χ0n) is 21.5. The van der Waals surface area contributed by atoms with E-state index >= 15 is 0 Å². The molecule has 0 radical (unpaired) electrons. The Morgan fingerprint density at radius 1 is 0.613 bits per heavy atom. The summed E-state index contributed by atoms with van der Waals surface area (Å²) in [5, 5.41) is 0. The molecule has 0 aliphatic heterocycles. The van der Waals surface area contributed by atoms with Gasteiger partial charge in [0.15, 0.2) is 0 Å². The Labute approximate surface area is 195 Å². The third-order valence-corrected chi connectivity index (χ3v) is 5.88. The monoisotopic (exact) mass is 437 g/mol. The van der Waals surface area contributed by atoms with Crippen LogP contribution in [0.5, 0.6) is 0 Å². The summed E-state index contributed by atoms with van der Waals surface area (Å²) in [6, 6.07) is 0. The second-order valence-electron chi connectivity index (χ2n) is 9.53. The minimum Gasteiger partial charge on any atom is -0.450 e. The number of hydrogen-bond acceptors (Lipinski definition) is 3. The number of hydrogen-bond donors (Lipinski definition) is 0. The molecule has 184 valence electrons. The van der Waals surface area contributed by atoms with E-state index in [1.807, 2.05) is 19.0 Å². The van der Waals surface area contributed by atoms with E-state index in [2.05, 4.69) is 19.1 Å². The Hall–Kier alpha value is -0.830. The van der Waals surface area contributed by atoms with E-state index in [9.17, 15) is 4.79 Å². The average molecular weight is 438 g/mol. The highest BCUT2D eigenvalue weighted by atomic mass is 16.5. The summed E-state index contributed by atoms with van der Waals surface area (Å²) in [4.78, 5) is 13.4. The summed E-state index contributed by atoms with van der Waals surface area (Å²) >= 11 is 0. The number of esters is 1. The Bertz CT molecular complexity index is 392. The van der Waals surface area contributed by atoms with Gasteiger partial charge in [-0.1, -0.05) is 115 Å². The van der Waals surface area contributed by atoms with E-state index in [0.717, 1.165) is 12.8 Å². The number of rotatable bonds is 24. The normalized spacial score (nSPS) is 11.6. The first-order valence-corrected chi connectivity index (χ1v) is 13.6. The second kappa shape index (κ2) is 25.4. The summed E-state index contributed by atoms with van der Waals surface area (Å²) in [6.07, 6.45) is 32.2. The molecule has 31 heavy (non-hydrogen) atoms. The molecular weight excluding hydrogens is 382 g/mol. The average Bonchev–Trinajstić information content (AvgIpc) is 2.75. The van der Waals surface area contributed by atoms with Crippen LogP contribution in [0.4, 0.5) is 0 Å². The number of nitrogens with zero attached hydrogens (tertiary/aromatic N) is 1. The van der Waals surface area contributed by atoms with Gasteiger partial charge in [-0.3, -0.25) is 9.69 Å². The van der Waals surface area contributed by atoms with Gasteiger partial charge in [0.25, 0.3) is 0 Å². The SMILES string of the molecule is CCCCCCCCCCCCCCCC=CCCCCCCCC(=O)OCN(C)C. The fraction of sp³-hybridized carbons (Fsp3) is 0.893. The summed E-state index contributed by atoms with van der Waals surface area (Å²) < 4.78 is 5.13. The number of carbonyl (C=O) groups excluding carboxylic acids is 1. The smallest absolute Gasteiger partial charge is 0.307 e. The maximum Gasteiger partial charge on any atom is 0.307 e. The maximum absolute atomic E-state index is 11.5. The molecule has 0 aliphatic rings. The van der Waals surface area contributed by atoms with E-state index in [4.69, 9.17) is 4.74 Å². The maximum atomic E-state index is 11.5. The van der Waals surface area contributed by atoms with Crippen LogP contribution < -0.4 is 0 Å². The van der Waals surface area contributed by atoms with E-state index in [0.29, 0.717) is 13.2 Å². The summed E-state index contributed by atoms with van der Waals surface area (Å²) in [5.74, 6) is -0.0650. The van der Waals surface area contributed by atoms with E-state index < -0.39 is 0 Å². The molecule has 0 unspecified atom stereocenters. The molecule has 0 aromatic rings. The summed E-state index contributed by atoms with van der Waals surface area (Å²) in [5.41, 5.74) is 0. The van der Waals surface area contributed by atoms with E-state index in [1.54, 1.807) is 0 Å². The minimum absolute atomic E-state index is 0.0650. The fourth-order valence-electron chi connectivity index (χ4n) is 3.85.